The first-order valence-electron chi connectivity index (χ1n) is 13.7. The van der Waals surface area contributed by atoms with Crippen LogP contribution in [-0.4, -0.2) is 76.9 Å². The van der Waals surface area contributed by atoms with Crippen LogP contribution in [0.25, 0.3) is 0 Å². The molecule has 2 aliphatic heterocycles. The summed E-state index contributed by atoms with van der Waals surface area (Å²) in [7, 11) is 2.15. The molecule has 1 aromatic heterocycles. The van der Waals surface area contributed by atoms with Crippen molar-refractivity contribution in [3.05, 3.63) is 59.9 Å². The molecule has 2 amide bonds. The van der Waals surface area contributed by atoms with Gasteiger partial charge in [0.05, 0.1) is 24.0 Å². The minimum atomic E-state index is -4.53. The van der Waals surface area contributed by atoms with Gasteiger partial charge < -0.3 is 15.1 Å². The molecule has 2 saturated heterocycles. The van der Waals surface area contributed by atoms with Gasteiger partial charge in [0.25, 0.3) is 5.91 Å². The van der Waals surface area contributed by atoms with Crippen molar-refractivity contribution in [2.24, 2.45) is 0 Å². The summed E-state index contributed by atoms with van der Waals surface area (Å²) in [4.78, 5) is 36.6. The largest absolute Gasteiger partial charge is 0.416 e. The van der Waals surface area contributed by atoms with Crippen LogP contribution in [0.4, 0.5) is 18.9 Å². The minimum Gasteiger partial charge on any atom is -0.368 e. The highest BCUT2D eigenvalue weighted by Crippen LogP contribution is 2.41. The van der Waals surface area contributed by atoms with E-state index < -0.39 is 17.6 Å². The lowest BCUT2D eigenvalue weighted by Crippen LogP contribution is -2.52. The number of anilines is 1. The Morgan fingerprint density at radius 2 is 1.82 bits per heavy atom. The van der Waals surface area contributed by atoms with Crippen LogP contribution in [-0.2, 0) is 11.0 Å². The summed E-state index contributed by atoms with van der Waals surface area (Å²) in [5, 5.41) is 2.52. The lowest BCUT2D eigenvalue weighted by molar-refractivity contribution is -0.137. The van der Waals surface area contributed by atoms with Gasteiger partial charge in [-0.3, -0.25) is 19.5 Å². The molecule has 0 bridgehead atoms. The molecule has 1 aromatic carbocycles. The van der Waals surface area contributed by atoms with Gasteiger partial charge >= 0.3 is 6.18 Å². The Hall–Kier alpha value is -3.14. The number of hydrogen-bond acceptors (Lipinski definition) is 5. The maximum absolute atomic E-state index is 13.0. The second kappa shape index (κ2) is 10.8. The van der Waals surface area contributed by atoms with Gasteiger partial charge in [0, 0.05) is 55.6 Å². The van der Waals surface area contributed by atoms with Crippen LogP contribution in [0.2, 0.25) is 0 Å². The zero-order valence-corrected chi connectivity index (χ0v) is 22.5. The monoisotopic (exact) mass is 543 g/mol. The number of hydrogen-bond donors (Lipinski definition) is 1. The molecule has 7 nitrogen and oxygen atoms in total. The Morgan fingerprint density at radius 3 is 2.51 bits per heavy atom. The maximum Gasteiger partial charge on any atom is 0.416 e. The fourth-order valence-corrected chi connectivity index (χ4v) is 6.73. The smallest absolute Gasteiger partial charge is 0.368 e. The third kappa shape index (κ3) is 5.62. The zero-order valence-electron chi connectivity index (χ0n) is 22.5. The van der Waals surface area contributed by atoms with E-state index in [2.05, 4.69) is 40.1 Å². The number of carbonyl (C=O) groups excluding carboxylic acids is 2. The van der Waals surface area contributed by atoms with E-state index in [4.69, 9.17) is 0 Å². The molecule has 0 spiro atoms. The number of aromatic nitrogens is 1. The molecule has 39 heavy (non-hydrogen) atoms. The number of rotatable bonds is 6. The molecule has 3 aliphatic rings. The summed E-state index contributed by atoms with van der Waals surface area (Å²) in [6, 6.07) is 9.24. The second-order valence-electron chi connectivity index (χ2n) is 11.3. The molecule has 0 radical (unpaired) electrons. The van der Waals surface area contributed by atoms with Gasteiger partial charge in [-0.1, -0.05) is 6.07 Å². The summed E-state index contributed by atoms with van der Waals surface area (Å²) < 4.78 is 39.0. The van der Waals surface area contributed by atoms with Gasteiger partial charge in [0.2, 0.25) is 5.91 Å². The van der Waals surface area contributed by atoms with Crippen molar-refractivity contribution in [3.63, 3.8) is 0 Å². The van der Waals surface area contributed by atoms with Crippen molar-refractivity contribution in [3.8, 4) is 0 Å². The van der Waals surface area contributed by atoms with Crippen LogP contribution in [0.1, 0.15) is 61.4 Å². The highest BCUT2D eigenvalue weighted by Gasteiger charge is 2.48. The van der Waals surface area contributed by atoms with E-state index in [0.717, 1.165) is 62.9 Å². The molecule has 2 atom stereocenters. The summed E-state index contributed by atoms with van der Waals surface area (Å²) >= 11 is 0. The number of nitrogens with zero attached hydrogens (tertiary/aromatic N) is 4. The zero-order chi connectivity index (χ0) is 27.8. The van der Waals surface area contributed by atoms with E-state index in [9.17, 15) is 22.8 Å². The maximum atomic E-state index is 13.0. The summed E-state index contributed by atoms with van der Waals surface area (Å²) in [6.07, 6.45) is 5.35. The highest BCUT2D eigenvalue weighted by molar-refractivity contribution is 5.96. The molecular formula is C29H36F3N5O2. The Kier molecular flexibility index (Phi) is 7.59. The van der Waals surface area contributed by atoms with Gasteiger partial charge in [0.1, 0.15) is 0 Å². The van der Waals surface area contributed by atoms with Crippen LogP contribution in [0.15, 0.2) is 48.8 Å². The molecular weight excluding hydrogens is 507 g/mol. The summed E-state index contributed by atoms with van der Waals surface area (Å²) in [5.41, 5.74) is 0.211. The summed E-state index contributed by atoms with van der Waals surface area (Å²) in [5.74, 6) is -0.862. The average molecular weight is 544 g/mol. The second-order valence-corrected chi connectivity index (χ2v) is 11.3. The highest BCUT2D eigenvalue weighted by atomic mass is 19.4. The van der Waals surface area contributed by atoms with E-state index >= 15 is 0 Å². The first-order valence-corrected chi connectivity index (χ1v) is 13.7. The first-order chi connectivity index (χ1) is 18.6. The Bertz CT molecular complexity index is 1180. The number of carbonyl (C=O) groups is 2. The van der Waals surface area contributed by atoms with Crippen molar-refractivity contribution >= 4 is 17.5 Å². The predicted octanol–water partition coefficient (Wildman–Crippen LogP) is 4.34. The number of halogens is 3. The topological polar surface area (TPSA) is 68.8 Å². The number of benzene rings is 1. The normalized spacial score (nSPS) is 27.3. The van der Waals surface area contributed by atoms with Gasteiger partial charge in [-0.25, -0.2) is 0 Å². The molecule has 1 N–H and O–H groups in total. The Labute approximate surface area is 227 Å². The molecule has 2 aromatic rings. The van der Waals surface area contributed by atoms with E-state index in [1.165, 1.54) is 12.1 Å². The molecule has 5 rings (SSSR count). The molecule has 3 heterocycles. The van der Waals surface area contributed by atoms with Crippen molar-refractivity contribution in [2.45, 2.75) is 75.3 Å². The van der Waals surface area contributed by atoms with Crippen LogP contribution >= 0.6 is 0 Å². The van der Waals surface area contributed by atoms with Crippen molar-refractivity contribution < 1.29 is 22.8 Å². The van der Waals surface area contributed by atoms with E-state index in [1.54, 1.807) is 6.20 Å². The third-order valence-corrected chi connectivity index (χ3v) is 9.14. The van der Waals surface area contributed by atoms with E-state index in [1.807, 2.05) is 17.2 Å². The number of likely N-dealkylation sites (tertiary alicyclic amines) is 2. The van der Waals surface area contributed by atoms with Gasteiger partial charge in [-0.15, -0.1) is 0 Å². The third-order valence-electron chi connectivity index (χ3n) is 9.14. The number of fused-ring (bicyclic) bond motifs is 1. The SMILES string of the molecule is CN(c1cccnc1)C1(C)CCC(N2CCC3C2CCN3C(=O)CNC(=O)c2cccc(C(F)(F)F)c2)CC1. The van der Waals surface area contributed by atoms with Gasteiger partial charge in [-0.2, -0.15) is 13.2 Å². The van der Waals surface area contributed by atoms with Crippen molar-refractivity contribution in [1.82, 2.24) is 20.1 Å². The molecule has 10 heteroatoms. The van der Waals surface area contributed by atoms with Gasteiger partial charge in [0.15, 0.2) is 0 Å². The molecule has 1 aliphatic carbocycles. The number of amides is 2. The van der Waals surface area contributed by atoms with Crippen LogP contribution in [0.3, 0.4) is 0 Å². The molecule has 1 saturated carbocycles. The average Bonchev–Trinajstić information content (AvgIpc) is 3.54. The fourth-order valence-electron chi connectivity index (χ4n) is 6.73. The Morgan fingerprint density at radius 1 is 1.08 bits per heavy atom. The van der Waals surface area contributed by atoms with Crippen LogP contribution in [0.5, 0.6) is 0 Å². The van der Waals surface area contributed by atoms with Crippen molar-refractivity contribution in [1.29, 1.82) is 0 Å². The molecule has 2 unspecified atom stereocenters. The number of pyridine rings is 1. The number of nitrogens with one attached hydrogen (secondary N) is 1. The minimum absolute atomic E-state index is 0.0775. The summed E-state index contributed by atoms with van der Waals surface area (Å²) in [6.45, 7) is 3.70. The van der Waals surface area contributed by atoms with Gasteiger partial charge in [-0.05, 0) is 75.8 Å². The van der Waals surface area contributed by atoms with Crippen molar-refractivity contribution in [2.75, 3.05) is 31.6 Å². The van der Waals surface area contributed by atoms with Crippen LogP contribution < -0.4 is 10.2 Å². The Balaban J connectivity index is 1.13. The van der Waals surface area contributed by atoms with E-state index in [-0.39, 0.29) is 29.6 Å². The fraction of sp³-hybridized carbons (Fsp3) is 0.552. The molecule has 210 valence electrons. The quantitative estimate of drug-likeness (QED) is 0.587. The predicted molar refractivity (Wildman–Crippen MR) is 142 cm³/mol. The van der Waals surface area contributed by atoms with Crippen LogP contribution in [0, 0.1) is 0 Å². The molecule has 3 fully saturated rings. The number of alkyl halides is 3. The first kappa shape index (κ1) is 27.4. The lowest BCUT2D eigenvalue weighted by Gasteiger charge is -2.47. The standard InChI is InChI=1S/C29H36F3N5O2/c1-28(35(2)23-7-4-14-33-18-23)12-8-22(9-13-28)36-15-10-25-24(36)11-16-37(25)26(38)19-34-27(39)20-5-3-6-21(17-20)29(30,31)32/h3-7,14,17-18,22,24-25H,8-13,15-16,19H2,1-2H3,(H,34,39). The lowest BCUT2D eigenvalue weighted by atomic mass is 9.78. The van der Waals surface area contributed by atoms with E-state index in [0.29, 0.717) is 18.6 Å².